The van der Waals surface area contributed by atoms with Crippen LogP contribution in [0.2, 0.25) is 0 Å². The summed E-state index contributed by atoms with van der Waals surface area (Å²) in [5.41, 5.74) is 5.09. The lowest BCUT2D eigenvalue weighted by atomic mass is 9.88. The summed E-state index contributed by atoms with van der Waals surface area (Å²) in [6, 6.07) is 15.7. The minimum Gasteiger partial charge on any atom is -0.497 e. The number of hydrogen-bond acceptors (Lipinski definition) is 4. The molecule has 0 unspecified atom stereocenters. The molecule has 2 aromatic carbocycles. The third-order valence-electron chi connectivity index (χ3n) is 6.75. The summed E-state index contributed by atoms with van der Waals surface area (Å²) in [4.78, 5) is 18.3. The van der Waals surface area contributed by atoms with E-state index in [9.17, 15) is 4.79 Å². The van der Waals surface area contributed by atoms with E-state index in [1.165, 1.54) is 34.6 Å². The fourth-order valence-electron chi connectivity index (χ4n) is 5.13. The molecular weight excluding hydrogens is 432 g/mol. The van der Waals surface area contributed by atoms with E-state index in [1.54, 1.807) is 19.8 Å². The fourth-order valence-corrected chi connectivity index (χ4v) is 6.71. The van der Waals surface area contributed by atoms with Crippen molar-refractivity contribution in [2.75, 3.05) is 20.8 Å². The smallest absolute Gasteiger partial charge is 0.318 e. The summed E-state index contributed by atoms with van der Waals surface area (Å²) in [5.74, 6) is 1.62. The lowest BCUT2D eigenvalue weighted by Crippen LogP contribution is -2.45. The van der Waals surface area contributed by atoms with Gasteiger partial charge >= 0.3 is 6.03 Å². The largest absolute Gasteiger partial charge is 0.497 e. The number of hydrogen-bond donors (Lipinski definition) is 1. The second kappa shape index (κ2) is 9.48. The van der Waals surface area contributed by atoms with Gasteiger partial charge in [0.25, 0.3) is 0 Å². The van der Waals surface area contributed by atoms with Crippen LogP contribution in [0.25, 0.3) is 0 Å². The molecule has 1 aliphatic heterocycles. The molecule has 5 nitrogen and oxygen atoms in total. The van der Waals surface area contributed by atoms with Crippen molar-refractivity contribution in [1.29, 1.82) is 0 Å². The predicted molar refractivity (Wildman–Crippen MR) is 131 cm³/mol. The van der Waals surface area contributed by atoms with Gasteiger partial charge < -0.3 is 19.7 Å². The molecule has 2 amide bonds. The molecule has 1 atom stereocenters. The van der Waals surface area contributed by atoms with E-state index in [1.807, 2.05) is 58.7 Å². The Morgan fingerprint density at radius 2 is 1.88 bits per heavy atom. The molecule has 1 aliphatic carbocycles. The zero-order chi connectivity index (χ0) is 22.8. The van der Waals surface area contributed by atoms with E-state index in [0.717, 1.165) is 35.5 Å². The van der Waals surface area contributed by atoms with Crippen LogP contribution in [-0.2, 0) is 25.8 Å². The molecule has 5 rings (SSSR count). The molecule has 0 bridgehead atoms. The number of nitrogens with zero attached hydrogens (tertiary/aromatic N) is 1. The van der Waals surface area contributed by atoms with Crippen LogP contribution in [0.4, 0.5) is 4.79 Å². The molecular formula is C27H30N2O3S. The van der Waals surface area contributed by atoms with Gasteiger partial charge in [-0.3, -0.25) is 0 Å². The summed E-state index contributed by atoms with van der Waals surface area (Å²) in [7, 11) is 3.36. The normalized spacial score (nSPS) is 17.2. The van der Waals surface area contributed by atoms with Gasteiger partial charge in [-0.25, -0.2) is 4.79 Å². The first kappa shape index (κ1) is 21.8. The first-order chi connectivity index (χ1) is 16.2. The Balaban J connectivity index is 1.48. The van der Waals surface area contributed by atoms with Crippen LogP contribution >= 0.6 is 11.3 Å². The molecule has 0 saturated heterocycles. The van der Waals surface area contributed by atoms with Crippen molar-refractivity contribution in [3.63, 3.8) is 0 Å². The van der Waals surface area contributed by atoms with E-state index in [2.05, 4.69) is 11.4 Å². The lowest BCUT2D eigenvalue weighted by Gasteiger charge is -2.37. The van der Waals surface area contributed by atoms with Crippen molar-refractivity contribution in [1.82, 2.24) is 10.2 Å². The number of fused-ring (bicyclic) bond motifs is 3. The topological polar surface area (TPSA) is 50.8 Å². The Morgan fingerprint density at radius 3 is 2.73 bits per heavy atom. The molecule has 33 heavy (non-hydrogen) atoms. The number of urea groups is 1. The molecule has 0 radical (unpaired) electrons. The van der Waals surface area contributed by atoms with Crippen LogP contribution in [-0.4, -0.2) is 31.7 Å². The lowest BCUT2D eigenvalue weighted by molar-refractivity contribution is 0.179. The number of nitrogens with one attached hydrogen (secondary N) is 1. The third kappa shape index (κ3) is 4.20. The van der Waals surface area contributed by atoms with Crippen molar-refractivity contribution < 1.29 is 14.3 Å². The standard InChI is InChI=1S/C27H30N2O3S/c1-31-19-9-7-8-18(16-19)17-28-27(30)29-15-14-21-20-10-4-6-13-24(20)33-26(21)25(29)22-11-3-5-12-23(22)32-2/h3,5,7-9,11-12,16,25H,4,6,10,13-15,17H2,1-2H3,(H,28,30)/t25-/m0/s1. The van der Waals surface area contributed by atoms with Crippen LogP contribution in [0.3, 0.4) is 0 Å². The first-order valence-corrected chi connectivity index (χ1v) is 12.4. The Morgan fingerprint density at radius 1 is 1.03 bits per heavy atom. The van der Waals surface area contributed by atoms with Crippen molar-refractivity contribution in [2.24, 2.45) is 0 Å². The fraction of sp³-hybridized carbons (Fsp3) is 0.370. The monoisotopic (exact) mass is 462 g/mol. The van der Waals surface area contributed by atoms with Gasteiger partial charge in [0.05, 0.1) is 20.3 Å². The van der Waals surface area contributed by atoms with Crippen molar-refractivity contribution in [2.45, 2.75) is 44.7 Å². The van der Waals surface area contributed by atoms with E-state index < -0.39 is 0 Å². The third-order valence-corrected chi connectivity index (χ3v) is 8.13. The Bertz CT molecular complexity index is 1160. The van der Waals surface area contributed by atoms with Gasteiger partial charge in [-0.15, -0.1) is 11.3 Å². The van der Waals surface area contributed by atoms with Crippen LogP contribution in [0.15, 0.2) is 48.5 Å². The SMILES string of the molecule is COc1cccc(CNC(=O)N2CCc3c(sc4c3CCCC4)[C@@H]2c2ccccc2OC)c1. The number of rotatable bonds is 5. The quantitative estimate of drug-likeness (QED) is 0.545. The summed E-state index contributed by atoms with van der Waals surface area (Å²) < 4.78 is 11.1. The second-order valence-corrected chi connectivity index (χ2v) is 9.79. The van der Waals surface area contributed by atoms with Gasteiger partial charge in [0.2, 0.25) is 0 Å². The number of thiophene rings is 1. The van der Waals surface area contributed by atoms with Gasteiger partial charge in [-0.1, -0.05) is 30.3 Å². The molecule has 0 fully saturated rings. The minimum atomic E-state index is -0.134. The molecule has 2 heterocycles. The highest BCUT2D eigenvalue weighted by atomic mass is 32.1. The maximum atomic E-state index is 13.5. The minimum absolute atomic E-state index is 0.0502. The number of para-hydroxylation sites is 1. The van der Waals surface area contributed by atoms with Crippen LogP contribution in [0.5, 0.6) is 11.5 Å². The van der Waals surface area contributed by atoms with Crippen molar-refractivity contribution in [3.05, 3.63) is 80.5 Å². The second-order valence-electron chi connectivity index (χ2n) is 8.65. The van der Waals surface area contributed by atoms with E-state index >= 15 is 0 Å². The molecule has 0 spiro atoms. The highest BCUT2D eigenvalue weighted by Gasteiger charge is 2.37. The molecule has 3 aromatic rings. The Kier molecular flexibility index (Phi) is 6.27. The molecule has 1 aromatic heterocycles. The van der Waals surface area contributed by atoms with Gasteiger partial charge in [0.1, 0.15) is 11.5 Å². The number of benzene rings is 2. The molecule has 172 valence electrons. The first-order valence-electron chi connectivity index (χ1n) is 11.6. The summed E-state index contributed by atoms with van der Waals surface area (Å²) >= 11 is 1.91. The summed E-state index contributed by atoms with van der Waals surface area (Å²) in [6.45, 7) is 1.15. The number of carbonyl (C=O) groups excluding carboxylic acids is 1. The Labute approximate surface area is 199 Å². The van der Waals surface area contributed by atoms with E-state index in [-0.39, 0.29) is 12.1 Å². The van der Waals surface area contributed by atoms with Crippen LogP contribution in [0.1, 0.15) is 50.9 Å². The van der Waals surface area contributed by atoms with E-state index in [4.69, 9.17) is 9.47 Å². The zero-order valence-corrected chi connectivity index (χ0v) is 20.0. The number of amides is 2. The Hall–Kier alpha value is -2.99. The predicted octanol–water partition coefficient (Wildman–Crippen LogP) is 5.50. The highest BCUT2D eigenvalue weighted by Crippen LogP contribution is 2.46. The van der Waals surface area contributed by atoms with Gasteiger partial charge in [0, 0.05) is 28.4 Å². The summed E-state index contributed by atoms with van der Waals surface area (Å²) in [6.07, 6.45) is 5.77. The molecule has 0 saturated carbocycles. The van der Waals surface area contributed by atoms with E-state index in [0.29, 0.717) is 13.1 Å². The van der Waals surface area contributed by atoms with Crippen molar-refractivity contribution >= 4 is 17.4 Å². The number of methoxy groups -OCH3 is 2. The number of carbonyl (C=O) groups is 1. The highest BCUT2D eigenvalue weighted by molar-refractivity contribution is 7.12. The number of ether oxygens (including phenoxy) is 2. The molecule has 6 heteroatoms. The maximum absolute atomic E-state index is 13.5. The van der Waals surface area contributed by atoms with Crippen LogP contribution < -0.4 is 14.8 Å². The zero-order valence-electron chi connectivity index (χ0n) is 19.2. The molecule has 2 aliphatic rings. The average Bonchev–Trinajstić information content (AvgIpc) is 3.25. The maximum Gasteiger partial charge on any atom is 0.318 e. The van der Waals surface area contributed by atoms with Gasteiger partial charge in [-0.05, 0) is 67.0 Å². The summed E-state index contributed by atoms with van der Waals surface area (Å²) in [5, 5.41) is 3.14. The number of aryl methyl sites for hydroxylation is 1. The van der Waals surface area contributed by atoms with Crippen LogP contribution in [0, 0.1) is 0 Å². The average molecular weight is 463 g/mol. The van der Waals surface area contributed by atoms with Crippen molar-refractivity contribution in [3.8, 4) is 11.5 Å². The molecule has 1 N–H and O–H groups in total. The van der Waals surface area contributed by atoms with Gasteiger partial charge in [0.15, 0.2) is 0 Å². The van der Waals surface area contributed by atoms with Gasteiger partial charge in [-0.2, -0.15) is 0 Å².